The predicted molar refractivity (Wildman–Crippen MR) is 79.1 cm³/mol. The van der Waals surface area contributed by atoms with Gasteiger partial charge in [0.05, 0.1) is 0 Å². The van der Waals surface area contributed by atoms with Crippen LogP contribution in [-0.4, -0.2) is 20.2 Å². The summed E-state index contributed by atoms with van der Waals surface area (Å²) in [5.41, 5.74) is 4.84. The van der Waals surface area contributed by atoms with Crippen LogP contribution in [0, 0.1) is 19.7 Å². The van der Waals surface area contributed by atoms with E-state index >= 15 is 0 Å². The Balaban J connectivity index is 2.33. The second-order valence-electron chi connectivity index (χ2n) is 5.08. The first-order chi connectivity index (χ1) is 10.1. The number of nitrogens with zero attached hydrogens (tertiary/aromatic N) is 4. The van der Waals surface area contributed by atoms with E-state index in [1.807, 2.05) is 32.0 Å². The number of hydrogen-bond acceptors (Lipinski definition) is 3. The summed E-state index contributed by atoms with van der Waals surface area (Å²) in [5, 5.41) is 11.6. The third-order valence-electron chi connectivity index (χ3n) is 3.59. The van der Waals surface area contributed by atoms with Crippen molar-refractivity contribution in [2.24, 2.45) is 7.05 Å². The van der Waals surface area contributed by atoms with Gasteiger partial charge in [0.1, 0.15) is 5.82 Å². The quantitative estimate of drug-likeness (QED) is 0.724. The van der Waals surface area contributed by atoms with Gasteiger partial charge in [-0.25, -0.2) is 9.07 Å². The van der Waals surface area contributed by atoms with Gasteiger partial charge < -0.3 is 0 Å². The first-order valence-electron chi connectivity index (χ1n) is 6.67. The zero-order valence-corrected chi connectivity index (χ0v) is 12.1. The average Bonchev–Trinajstić information content (AvgIpc) is 2.85. The van der Waals surface area contributed by atoms with Crippen LogP contribution in [0.4, 0.5) is 4.39 Å². The van der Waals surface area contributed by atoms with Crippen LogP contribution in [0.1, 0.15) is 11.1 Å². The molecule has 0 N–H and O–H groups in total. The smallest absolute Gasteiger partial charge is 0.182 e. The SMILES string of the molecule is Cc1cccc(C)c1-c1cc(F)ccc1-c1nnnn1C. The normalized spacial score (nSPS) is 10.9. The molecule has 0 bridgehead atoms. The van der Waals surface area contributed by atoms with Crippen molar-refractivity contribution in [1.29, 1.82) is 0 Å². The summed E-state index contributed by atoms with van der Waals surface area (Å²) >= 11 is 0. The van der Waals surface area contributed by atoms with E-state index in [0.717, 1.165) is 27.8 Å². The fourth-order valence-corrected chi connectivity index (χ4v) is 2.62. The summed E-state index contributed by atoms with van der Waals surface area (Å²) in [7, 11) is 1.77. The Morgan fingerprint density at radius 3 is 2.33 bits per heavy atom. The van der Waals surface area contributed by atoms with Gasteiger partial charge in [0.15, 0.2) is 5.82 Å². The molecule has 0 saturated carbocycles. The van der Waals surface area contributed by atoms with Crippen LogP contribution in [0.5, 0.6) is 0 Å². The molecular formula is C16H15FN4. The van der Waals surface area contributed by atoms with Crippen molar-refractivity contribution in [2.75, 3.05) is 0 Å². The largest absolute Gasteiger partial charge is 0.229 e. The minimum Gasteiger partial charge on any atom is -0.229 e. The van der Waals surface area contributed by atoms with E-state index in [-0.39, 0.29) is 5.82 Å². The Morgan fingerprint density at radius 1 is 1.00 bits per heavy atom. The Hall–Kier alpha value is -2.56. The zero-order valence-electron chi connectivity index (χ0n) is 12.1. The van der Waals surface area contributed by atoms with Crippen molar-refractivity contribution in [2.45, 2.75) is 13.8 Å². The highest BCUT2D eigenvalue weighted by Crippen LogP contribution is 2.35. The van der Waals surface area contributed by atoms with Crippen molar-refractivity contribution in [3.05, 3.63) is 53.3 Å². The third-order valence-corrected chi connectivity index (χ3v) is 3.59. The molecule has 3 aromatic rings. The van der Waals surface area contributed by atoms with Crippen molar-refractivity contribution < 1.29 is 4.39 Å². The molecule has 0 atom stereocenters. The second kappa shape index (κ2) is 5.09. The van der Waals surface area contributed by atoms with Gasteiger partial charge in [0.25, 0.3) is 0 Å². The molecule has 0 radical (unpaired) electrons. The summed E-state index contributed by atoms with van der Waals surface area (Å²) < 4.78 is 15.4. The van der Waals surface area contributed by atoms with Crippen molar-refractivity contribution in [3.63, 3.8) is 0 Å². The lowest BCUT2D eigenvalue weighted by molar-refractivity contribution is 0.628. The van der Waals surface area contributed by atoms with Gasteiger partial charge in [0.2, 0.25) is 0 Å². The number of aromatic nitrogens is 4. The number of hydrogen-bond donors (Lipinski definition) is 0. The highest BCUT2D eigenvalue weighted by Gasteiger charge is 2.16. The highest BCUT2D eigenvalue weighted by molar-refractivity contribution is 5.83. The predicted octanol–water partition coefficient (Wildman–Crippen LogP) is 3.30. The molecule has 2 aromatic carbocycles. The minimum atomic E-state index is -0.272. The van der Waals surface area contributed by atoms with Crippen molar-refractivity contribution in [1.82, 2.24) is 20.2 Å². The average molecular weight is 282 g/mol. The number of aryl methyl sites for hydroxylation is 3. The Labute approximate surface area is 122 Å². The van der Waals surface area contributed by atoms with Crippen LogP contribution < -0.4 is 0 Å². The van der Waals surface area contributed by atoms with E-state index in [4.69, 9.17) is 0 Å². The van der Waals surface area contributed by atoms with Gasteiger partial charge in [-0.3, -0.25) is 0 Å². The molecule has 5 heteroatoms. The molecule has 1 aromatic heterocycles. The molecule has 21 heavy (non-hydrogen) atoms. The molecule has 0 fully saturated rings. The van der Waals surface area contributed by atoms with Crippen molar-refractivity contribution >= 4 is 0 Å². The zero-order chi connectivity index (χ0) is 15.0. The molecule has 4 nitrogen and oxygen atoms in total. The lowest BCUT2D eigenvalue weighted by atomic mass is 9.92. The van der Waals surface area contributed by atoms with Gasteiger partial charge >= 0.3 is 0 Å². The number of tetrazole rings is 1. The molecule has 0 saturated heterocycles. The van der Waals surface area contributed by atoms with Gasteiger partial charge in [0, 0.05) is 12.6 Å². The first-order valence-corrected chi connectivity index (χ1v) is 6.67. The number of benzene rings is 2. The molecule has 0 aliphatic carbocycles. The van der Waals surface area contributed by atoms with Gasteiger partial charge in [-0.1, -0.05) is 18.2 Å². The molecule has 0 unspecified atom stereocenters. The lowest BCUT2D eigenvalue weighted by Crippen LogP contribution is -1.98. The Kier molecular flexibility index (Phi) is 3.25. The van der Waals surface area contributed by atoms with Crippen LogP contribution in [-0.2, 0) is 7.05 Å². The summed E-state index contributed by atoms with van der Waals surface area (Å²) in [5.74, 6) is 0.346. The number of rotatable bonds is 2. The van der Waals surface area contributed by atoms with Crippen molar-refractivity contribution in [3.8, 4) is 22.5 Å². The minimum absolute atomic E-state index is 0.272. The maximum atomic E-state index is 13.8. The van der Waals surface area contributed by atoms with E-state index in [9.17, 15) is 4.39 Å². The summed E-state index contributed by atoms with van der Waals surface area (Å²) in [6.45, 7) is 4.04. The van der Waals surface area contributed by atoms with E-state index in [2.05, 4.69) is 15.5 Å². The molecule has 3 rings (SSSR count). The molecule has 106 valence electrons. The van der Waals surface area contributed by atoms with Crippen LogP contribution >= 0.6 is 0 Å². The van der Waals surface area contributed by atoms with E-state index in [0.29, 0.717) is 5.82 Å². The molecule has 0 aliphatic rings. The molecular weight excluding hydrogens is 267 g/mol. The van der Waals surface area contributed by atoms with E-state index < -0.39 is 0 Å². The van der Waals surface area contributed by atoms with Gasteiger partial charge in [-0.2, -0.15) is 0 Å². The maximum Gasteiger partial charge on any atom is 0.182 e. The van der Waals surface area contributed by atoms with Crippen LogP contribution in [0.25, 0.3) is 22.5 Å². The van der Waals surface area contributed by atoms with Gasteiger partial charge in [-0.05, 0) is 64.7 Å². The fraction of sp³-hybridized carbons (Fsp3) is 0.188. The summed E-state index contributed by atoms with van der Waals surface area (Å²) in [6, 6.07) is 10.7. The second-order valence-corrected chi connectivity index (χ2v) is 5.08. The van der Waals surface area contributed by atoms with Gasteiger partial charge in [-0.15, -0.1) is 5.10 Å². The number of halogens is 1. The van der Waals surface area contributed by atoms with E-state index in [1.54, 1.807) is 23.9 Å². The van der Waals surface area contributed by atoms with E-state index in [1.165, 1.54) is 6.07 Å². The molecule has 0 spiro atoms. The highest BCUT2D eigenvalue weighted by atomic mass is 19.1. The third kappa shape index (κ3) is 2.31. The standard InChI is InChI=1S/C16H15FN4/c1-10-5-4-6-11(2)15(10)14-9-12(17)7-8-13(14)16-18-19-20-21(16)3/h4-9H,1-3H3. The molecule has 1 heterocycles. The lowest BCUT2D eigenvalue weighted by Gasteiger charge is -2.14. The molecule has 0 amide bonds. The van der Waals surface area contributed by atoms with Crippen LogP contribution in [0.2, 0.25) is 0 Å². The maximum absolute atomic E-state index is 13.8. The monoisotopic (exact) mass is 282 g/mol. The summed E-state index contributed by atoms with van der Waals surface area (Å²) in [6.07, 6.45) is 0. The first kappa shape index (κ1) is 13.4. The van der Waals surface area contributed by atoms with Crippen LogP contribution in [0.3, 0.4) is 0 Å². The van der Waals surface area contributed by atoms with Crippen LogP contribution in [0.15, 0.2) is 36.4 Å². The Bertz CT molecular complexity index is 788. The molecule has 0 aliphatic heterocycles. The summed E-state index contributed by atoms with van der Waals surface area (Å²) in [4.78, 5) is 0. The Morgan fingerprint density at radius 2 is 1.71 bits per heavy atom. The fourth-order valence-electron chi connectivity index (χ4n) is 2.62. The topological polar surface area (TPSA) is 43.6 Å².